The van der Waals surface area contributed by atoms with Gasteiger partial charge in [0.05, 0.1) is 18.4 Å². The number of esters is 1. The second-order valence-electron chi connectivity index (χ2n) is 7.47. The van der Waals surface area contributed by atoms with Crippen LogP contribution in [-0.2, 0) is 14.4 Å². The van der Waals surface area contributed by atoms with Crippen LogP contribution in [0.1, 0.15) is 29.8 Å². The van der Waals surface area contributed by atoms with E-state index in [0.29, 0.717) is 28.2 Å². The fourth-order valence-corrected chi connectivity index (χ4v) is 2.99. The molecule has 0 spiro atoms. The Morgan fingerprint density at radius 1 is 0.722 bits per heavy atom. The molecule has 10 heteroatoms. The zero-order valence-electron chi connectivity index (χ0n) is 19.8. The smallest absolute Gasteiger partial charge is 0.343 e. The molecule has 0 heterocycles. The first-order valence-corrected chi connectivity index (χ1v) is 10.8. The molecule has 0 aliphatic carbocycles. The molecule has 3 N–H and O–H groups in total. The molecule has 10 nitrogen and oxygen atoms in total. The summed E-state index contributed by atoms with van der Waals surface area (Å²) in [5, 5.41) is 9.01. The van der Waals surface area contributed by atoms with Crippen molar-refractivity contribution in [1.82, 2.24) is 5.43 Å². The molecule has 0 saturated heterocycles. The molecule has 3 aromatic carbocycles. The van der Waals surface area contributed by atoms with Gasteiger partial charge in [-0.1, -0.05) is 18.2 Å². The van der Waals surface area contributed by atoms with Crippen LogP contribution in [-0.4, -0.2) is 36.5 Å². The molecule has 0 aliphatic heterocycles. The monoisotopic (exact) mass is 488 g/mol. The highest BCUT2D eigenvalue weighted by atomic mass is 16.6. The predicted octanol–water partition coefficient (Wildman–Crippen LogP) is 3.35. The molecule has 0 aliphatic rings. The van der Waals surface area contributed by atoms with Crippen LogP contribution >= 0.6 is 0 Å². The highest BCUT2D eigenvalue weighted by Gasteiger charge is 2.15. The summed E-state index contributed by atoms with van der Waals surface area (Å²) >= 11 is 0. The fourth-order valence-electron chi connectivity index (χ4n) is 2.99. The number of nitrogens with one attached hydrogen (secondary N) is 3. The third kappa shape index (κ3) is 7.00. The van der Waals surface area contributed by atoms with Gasteiger partial charge in [-0.3, -0.25) is 14.4 Å². The van der Waals surface area contributed by atoms with Crippen LogP contribution in [0.25, 0.3) is 0 Å². The van der Waals surface area contributed by atoms with Crippen molar-refractivity contribution in [2.45, 2.75) is 13.8 Å². The Morgan fingerprint density at radius 2 is 1.36 bits per heavy atom. The average molecular weight is 489 g/mol. The van der Waals surface area contributed by atoms with Crippen LogP contribution in [0, 0.1) is 0 Å². The van der Waals surface area contributed by atoms with E-state index in [1.54, 1.807) is 79.7 Å². The molecule has 0 radical (unpaired) electrons. The number of ether oxygens (including phenoxy) is 2. The summed E-state index contributed by atoms with van der Waals surface area (Å²) in [6.07, 6.45) is 0. The van der Waals surface area contributed by atoms with Gasteiger partial charge in [0.15, 0.2) is 11.5 Å². The number of benzene rings is 3. The molecule has 3 amide bonds. The van der Waals surface area contributed by atoms with E-state index in [4.69, 9.17) is 9.47 Å². The lowest BCUT2D eigenvalue weighted by molar-refractivity contribution is -0.136. The Labute approximate surface area is 207 Å². The first-order valence-electron chi connectivity index (χ1n) is 10.8. The van der Waals surface area contributed by atoms with E-state index in [2.05, 4.69) is 21.2 Å². The van der Waals surface area contributed by atoms with Gasteiger partial charge >= 0.3 is 17.8 Å². The molecular weight excluding hydrogens is 464 g/mol. The number of hydrogen-bond acceptors (Lipinski definition) is 7. The minimum Gasteiger partial charge on any atom is -0.493 e. The van der Waals surface area contributed by atoms with Crippen molar-refractivity contribution in [3.05, 3.63) is 83.9 Å². The van der Waals surface area contributed by atoms with Crippen molar-refractivity contribution in [2.24, 2.45) is 5.10 Å². The predicted molar refractivity (Wildman–Crippen MR) is 134 cm³/mol. The Bertz CT molecular complexity index is 1300. The van der Waals surface area contributed by atoms with E-state index in [0.717, 1.165) is 0 Å². The SMILES string of the molecule is COc1cc(C(C)=NNC(=O)C(=O)Nc2ccc(NC(C)=O)cc2)ccc1OC(=O)c1ccccc1. The fraction of sp³-hybridized carbons (Fsp3) is 0.115. The van der Waals surface area contributed by atoms with Crippen LogP contribution in [0.15, 0.2) is 77.9 Å². The third-order valence-electron chi connectivity index (χ3n) is 4.79. The van der Waals surface area contributed by atoms with Crippen molar-refractivity contribution in [2.75, 3.05) is 17.7 Å². The van der Waals surface area contributed by atoms with Gasteiger partial charge in [0.25, 0.3) is 0 Å². The van der Waals surface area contributed by atoms with Gasteiger partial charge in [-0.05, 0) is 61.5 Å². The summed E-state index contributed by atoms with van der Waals surface area (Å²) in [4.78, 5) is 47.7. The van der Waals surface area contributed by atoms with Gasteiger partial charge in [0, 0.05) is 23.9 Å². The number of carbonyl (C=O) groups is 4. The number of rotatable bonds is 7. The van der Waals surface area contributed by atoms with Gasteiger partial charge in [-0.25, -0.2) is 10.2 Å². The standard InChI is InChI=1S/C26H24N4O6/c1-16(29-30-25(33)24(32)28-21-12-10-20(11-13-21)27-17(2)31)19-9-14-22(23(15-19)35-3)36-26(34)18-7-5-4-6-8-18/h4-15H,1-3H3,(H,27,31)(H,28,32)(H,30,33). The van der Waals surface area contributed by atoms with E-state index in [1.807, 2.05) is 0 Å². The number of anilines is 2. The quantitative estimate of drug-likeness (QED) is 0.153. The molecule has 0 saturated carbocycles. The van der Waals surface area contributed by atoms with E-state index < -0.39 is 17.8 Å². The highest BCUT2D eigenvalue weighted by molar-refractivity contribution is 6.39. The second-order valence-corrected chi connectivity index (χ2v) is 7.47. The zero-order chi connectivity index (χ0) is 26.1. The van der Waals surface area contributed by atoms with E-state index in [9.17, 15) is 19.2 Å². The number of hydrazone groups is 1. The summed E-state index contributed by atoms with van der Waals surface area (Å²) in [6.45, 7) is 3.01. The molecule has 0 unspecified atom stereocenters. The minimum atomic E-state index is -0.972. The van der Waals surface area contributed by atoms with Crippen LogP contribution in [0.2, 0.25) is 0 Å². The summed E-state index contributed by atoms with van der Waals surface area (Å²) in [7, 11) is 1.43. The van der Waals surface area contributed by atoms with Gasteiger partial charge in [-0.15, -0.1) is 0 Å². The van der Waals surface area contributed by atoms with Crippen molar-refractivity contribution in [3.63, 3.8) is 0 Å². The molecule has 3 aromatic rings. The molecule has 0 bridgehead atoms. The number of methoxy groups -OCH3 is 1. The lowest BCUT2D eigenvalue weighted by Crippen LogP contribution is -2.32. The number of nitrogens with zero attached hydrogens (tertiary/aromatic N) is 1. The Kier molecular flexibility index (Phi) is 8.49. The van der Waals surface area contributed by atoms with Crippen molar-refractivity contribution < 1.29 is 28.7 Å². The Balaban J connectivity index is 1.61. The van der Waals surface area contributed by atoms with Crippen molar-refractivity contribution >= 4 is 40.8 Å². The maximum Gasteiger partial charge on any atom is 0.343 e. The lowest BCUT2D eigenvalue weighted by atomic mass is 10.1. The van der Waals surface area contributed by atoms with E-state index in [1.165, 1.54) is 14.0 Å². The minimum absolute atomic E-state index is 0.218. The molecule has 184 valence electrons. The van der Waals surface area contributed by atoms with Crippen LogP contribution in [0.4, 0.5) is 11.4 Å². The first kappa shape index (κ1) is 25.6. The molecule has 3 rings (SSSR count). The van der Waals surface area contributed by atoms with E-state index >= 15 is 0 Å². The maximum absolute atomic E-state index is 12.3. The van der Waals surface area contributed by atoms with E-state index in [-0.39, 0.29) is 17.4 Å². The van der Waals surface area contributed by atoms with Gasteiger partial charge in [0.2, 0.25) is 5.91 Å². The number of carbonyl (C=O) groups excluding carboxylic acids is 4. The average Bonchev–Trinajstić information content (AvgIpc) is 2.88. The number of hydrogen-bond donors (Lipinski definition) is 3. The normalized spacial score (nSPS) is 10.7. The Hall–Kier alpha value is -4.99. The van der Waals surface area contributed by atoms with Gasteiger partial charge in [-0.2, -0.15) is 5.10 Å². The van der Waals surface area contributed by atoms with Crippen molar-refractivity contribution in [1.29, 1.82) is 0 Å². The maximum atomic E-state index is 12.3. The topological polar surface area (TPSA) is 135 Å². The van der Waals surface area contributed by atoms with Gasteiger partial charge < -0.3 is 20.1 Å². The highest BCUT2D eigenvalue weighted by Crippen LogP contribution is 2.29. The summed E-state index contributed by atoms with van der Waals surface area (Å²) in [6, 6.07) is 19.6. The molecule has 0 fully saturated rings. The van der Waals surface area contributed by atoms with Crippen LogP contribution < -0.4 is 25.5 Å². The molecule has 36 heavy (non-hydrogen) atoms. The number of amides is 3. The van der Waals surface area contributed by atoms with Crippen LogP contribution in [0.5, 0.6) is 11.5 Å². The summed E-state index contributed by atoms with van der Waals surface area (Å²) in [5.74, 6) is -2.14. The molecule has 0 atom stereocenters. The van der Waals surface area contributed by atoms with Crippen LogP contribution in [0.3, 0.4) is 0 Å². The second kappa shape index (κ2) is 11.9. The first-order chi connectivity index (χ1) is 17.3. The lowest BCUT2D eigenvalue weighted by Gasteiger charge is -2.11. The summed E-state index contributed by atoms with van der Waals surface area (Å²) in [5.41, 5.74) is 4.47. The molecular formula is C26H24N4O6. The molecule has 0 aromatic heterocycles. The summed E-state index contributed by atoms with van der Waals surface area (Å²) < 4.78 is 10.7. The van der Waals surface area contributed by atoms with Crippen molar-refractivity contribution in [3.8, 4) is 11.5 Å². The Morgan fingerprint density at radius 3 is 1.97 bits per heavy atom. The largest absolute Gasteiger partial charge is 0.493 e. The van der Waals surface area contributed by atoms with Gasteiger partial charge in [0.1, 0.15) is 0 Å². The third-order valence-corrected chi connectivity index (χ3v) is 4.79. The zero-order valence-corrected chi connectivity index (χ0v) is 19.8.